The summed E-state index contributed by atoms with van der Waals surface area (Å²) in [5.74, 6) is 0.609. The first-order valence-corrected chi connectivity index (χ1v) is 48.3. The summed E-state index contributed by atoms with van der Waals surface area (Å²) in [4.78, 5) is 20.7. The van der Waals surface area contributed by atoms with Gasteiger partial charge in [-0.15, -0.1) is 0 Å². The summed E-state index contributed by atoms with van der Waals surface area (Å²) in [7, 11) is -6.40. The molecule has 8 heteroatoms. The van der Waals surface area contributed by atoms with Crippen LogP contribution >= 0.6 is 30.6 Å². The maximum atomic E-state index is 10.4. The van der Waals surface area contributed by atoms with E-state index in [1.807, 2.05) is 13.8 Å². The predicted octanol–water partition coefficient (Wildman–Crippen LogP) is 28.7. The molecule has 4 nitrogen and oxygen atoms in total. The fourth-order valence-corrected chi connectivity index (χ4v) is 25.2. The number of unbranched alkanes of at least 4 members (excludes halogenated alkanes) is 40. The van der Waals surface area contributed by atoms with E-state index in [1.165, 1.54) is 257 Å². The van der Waals surface area contributed by atoms with Gasteiger partial charge in [0.15, 0.2) is 0 Å². The van der Waals surface area contributed by atoms with Gasteiger partial charge in [0, 0.05) is 30.6 Å². The second-order valence-electron chi connectivity index (χ2n) is 31.5. The minimum Gasteiger partial charge on any atom is -0.802 e. The zero-order valence-electron chi connectivity index (χ0n) is 64.1. The van der Waals surface area contributed by atoms with E-state index in [2.05, 4.69) is 96.9 Å². The lowest BCUT2D eigenvalue weighted by molar-refractivity contribution is -0.165. The van der Waals surface area contributed by atoms with Crippen LogP contribution in [0, 0.1) is 22.7 Å². The highest BCUT2D eigenvalue weighted by atomic mass is 31.2. The average Bonchev–Trinajstić information content (AvgIpc) is 3.02. The molecule has 0 radical (unpaired) electrons. The Balaban J connectivity index is -0.000000598. The monoisotopic (exact) mass is 1320 g/mol. The van der Waals surface area contributed by atoms with Crippen molar-refractivity contribution in [3.63, 3.8) is 0 Å². The van der Waals surface area contributed by atoms with E-state index >= 15 is 0 Å². The third kappa shape index (κ3) is 77.9. The molecule has 0 aliphatic heterocycles. The Bertz CT molecular complexity index is 1210. The quantitative estimate of drug-likeness (QED) is 0.0449. The van der Waals surface area contributed by atoms with Crippen LogP contribution in [0.1, 0.15) is 432 Å². The Hall–Kier alpha value is 1.24. The molecule has 0 aliphatic rings. The molecule has 4 unspecified atom stereocenters. The molecule has 0 saturated heterocycles. The van der Waals surface area contributed by atoms with E-state index in [0.717, 1.165) is 12.8 Å². The summed E-state index contributed by atoms with van der Waals surface area (Å²) in [5, 5.41) is 0. The van der Waals surface area contributed by atoms with Crippen molar-refractivity contribution in [3.05, 3.63) is 0 Å². The van der Waals surface area contributed by atoms with Crippen LogP contribution in [0.2, 0.25) is 0 Å². The summed E-state index contributed by atoms with van der Waals surface area (Å²) in [6.07, 6.45) is 86.9. The second kappa shape index (κ2) is 71.0. The first-order valence-electron chi connectivity index (χ1n) is 40.2. The maximum absolute atomic E-state index is 10.4. The van der Waals surface area contributed by atoms with E-state index in [0.29, 0.717) is 24.2 Å². The largest absolute Gasteiger partial charge is 0.802 e. The smallest absolute Gasteiger partial charge is 0.0594 e. The van der Waals surface area contributed by atoms with Gasteiger partial charge in [-0.1, -0.05) is 316 Å². The molecule has 0 aliphatic carbocycles. The lowest BCUT2D eigenvalue weighted by atomic mass is 9.86. The van der Waals surface area contributed by atoms with Crippen molar-refractivity contribution < 1.29 is 18.9 Å². The van der Waals surface area contributed by atoms with E-state index < -0.39 is 30.6 Å². The Morgan fingerprint density at radius 2 is 0.375 bits per heavy atom. The van der Waals surface area contributed by atoms with Gasteiger partial charge >= 0.3 is 0 Å². The highest BCUT2D eigenvalue weighted by Gasteiger charge is 2.36. The van der Waals surface area contributed by atoms with Crippen LogP contribution < -0.4 is 9.79 Å². The van der Waals surface area contributed by atoms with Crippen LogP contribution in [0.25, 0.3) is 0 Å². The molecule has 0 rings (SSSR count). The molecule has 536 valence electrons. The molecule has 0 aromatic heterocycles. The van der Waals surface area contributed by atoms with Crippen LogP contribution in [0.15, 0.2) is 0 Å². The van der Waals surface area contributed by atoms with Gasteiger partial charge in [-0.05, 0) is 151 Å². The highest BCUT2D eigenvalue weighted by Crippen LogP contribution is 2.62. The van der Waals surface area contributed by atoms with Gasteiger partial charge in [-0.3, -0.25) is 0 Å². The van der Waals surface area contributed by atoms with Crippen molar-refractivity contribution in [2.24, 2.45) is 22.7 Å². The number of hydrogen-bond donors (Lipinski definition) is 0. The van der Waals surface area contributed by atoms with Gasteiger partial charge < -0.3 is 18.9 Å². The normalized spacial score (nSPS) is 13.5. The van der Waals surface area contributed by atoms with Crippen LogP contribution in [-0.4, -0.2) is 61.6 Å². The minimum atomic E-state index is -2.51. The minimum absolute atomic E-state index is 0.247. The Morgan fingerprint density at radius 1 is 0.250 bits per heavy atom. The first kappa shape index (κ1) is 95.6. The molecular formula is C80H172O4P4. The molecule has 0 amide bonds. The molecule has 0 aromatic rings. The number of rotatable bonds is 62. The molecule has 0 N–H and O–H groups in total. The summed E-state index contributed by atoms with van der Waals surface area (Å²) < 4.78 is 20.7. The van der Waals surface area contributed by atoms with E-state index in [4.69, 9.17) is 0 Å². The molecule has 0 spiro atoms. The number of hydrogen-bond acceptors (Lipinski definition) is 4. The first-order chi connectivity index (χ1) is 42.1. The summed E-state index contributed by atoms with van der Waals surface area (Å²) in [5.41, 5.74) is 0.494. The SMILES string of the molecule is CC(C[PH](=O)[O-])CC(C)(C)C.CC(C[PH](=O)[O-])CC(C)(C)C.CCCCCCCCCCCCCC[P+](CCCCCC)(CCCCCC)CCCCCC.CCCCCCCCCCCCCC[P+](CCCCCC)(CCCCCC)CCCCCC. The summed E-state index contributed by atoms with van der Waals surface area (Å²) >= 11 is 0. The molecular weight excluding hydrogens is 1150 g/mol. The second-order valence-corrected chi connectivity index (χ2v) is 42.8. The van der Waals surface area contributed by atoms with Gasteiger partial charge in [0.1, 0.15) is 0 Å². The standard InChI is InChI=1S/2C32H68P.2C8H19O2P/c2*1-5-9-13-17-18-19-20-21-22-23-24-28-32-33(29-25-14-10-6-2,30-26-15-11-7-3)31-27-16-12-8-4;2*1-7(6-11(9)10)5-8(2,3)4/h2*5-32H2,1-4H3;2*7,11H,5-6H2,1-4H3,(H,9,10)/q2*+1;;/p-2. The fraction of sp³-hybridized carbons (Fsp3) is 1.00. The van der Waals surface area contributed by atoms with E-state index in [1.54, 1.807) is 101 Å². The lowest BCUT2D eigenvalue weighted by Gasteiger charge is -2.28. The van der Waals surface area contributed by atoms with E-state index in [9.17, 15) is 18.9 Å². The van der Waals surface area contributed by atoms with Crippen molar-refractivity contribution in [2.45, 2.75) is 432 Å². The Labute approximate surface area is 562 Å². The maximum Gasteiger partial charge on any atom is 0.0594 e. The molecule has 0 saturated carbocycles. The summed E-state index contributed by atoms with van der Waals surface area (Å²) in [6, 6.07) is 0. The van der Waals surface area contributed by atoms with Crippen LogP contribution in [0.3, 0.4) is 0 Å². The van der Waals surface area contributed by atoms with Crippen LogP contribution in [-0.2, 0) is 9.13 Å². The zero-order chi connectivity index (χ0) is 66.7. The molecule has 88 heavy (non-hydrogen) atoms. The van der Waals surface area contributed by atoms with Gasteiger partial charge in [-0.2, -0.15) is 0 Å². The summed E-state index contributed by atoms with van der Waals surface area (Å²) in [6.45, 7) is 35.6. The third-order valence-corrected chi connectivity index (χ3v) is 31.0. The van der Waals surface area contributed by atoms with Gasteiger partial charge in [0.25, 0.3) is 0 Å². The zero-order valence-corrected chi connectivity index (χ0v) is 67.9. The molecule has 0 bridgehead atoms. The predicted molar refractivity (Wildman–Crippen MR) is 414 cm³/mol. The molecule has 0 aromatic carbocycles. The van der Waals surface area contributed by atoms with Crippen molar-refractivity contribution in [1.29, 1.82) is 0 Å². The Kier molecular flexibility index (Phi) is 77.2. The van der Waals surface area contributed by atoms with Gasteiger partial charge in [0.2, 0.25) is 0 Å². The van der Waals surface area contributed by atoms with Crippen molar-refractivity contribution in [2.75, 3.05) is 61.6 Å². The topological polar surface area (TPSA) is 80.3 Å². The van der Waals surface area contributed by atoms with Crippen LogP contribution in [0.5, 0.6) is 0 Å². The molecule has 0 heterocycles. The van der Waals surface area contributed by atoms with E-state index in [-0.39, 0.29) is 10.8 Å². The molecule has 0 fully saturated rings. The van der Waals surface area contributed by atoms with Gasteiger partial charge in [0.05, 0.1) is 49.3 Å². The van der Waals surface area contributed by atoms with Crippen molar-refractivity contribution in [3.8, 4) is 0 Å². The van der Waals surface area contributed by atoms with Crippen molar-refractivity contribution in [1.82, 2.24) is 0 Å². The fourth-order valence-electron chi connectivity index (χ4n) is 14.0. The van der Waals surface area contributed by atoms with Crippen LogP contribution in [0.4, 0.5) is 0 Å². The lowest BCUT2D eigenvalue weighted by Crippen LogP contribution is -2.13. The average molecular weight is 1320 g/mol. The van der Waals surface area contributed by atoms with Crippen molar-refractivity contribution >= 4 is 30.6 Å². The molecule has 4 atom stereocenters. The third-order valence-electron chi connectivity index (χ3n) is 18.8. The highest BCUT2D eigenvalue weighted by molar-refractivity contribution is 7.76. The van der Waals surface area contributed by atoms with Gasteiger partial charge in [-0.25, -0.2) is 0 Å². The Morgan fingerprint density at radius 3 is 0.500 bits per heavy atom.